The molecule has 6 nitrogen and oxygen atoms in total. The monoisotopic (exact) mass is 304 g/mol. The predicted octanol–water partition coefficient (Wildman–Crippen LogP) is 1.34. The van der Waals surface area contributed by atoms with Crippen LogP contribution in [-0.4, -0.2) is 43.4 Å². The van der Waals surface area contributed by atoms with E-state index in [0.29, 0.717) is 12.8 Å². The number of carbonyl (C=O) groups is 1. The summed E-state index contributed by atoms with van der Waals surface area (Å²) in [5.74, 6) is -0.897. The van der Waals surface area contributed by atoms with E-state index in [-0.39, 0.29) is 12.6 Å². The van der Waals surface area contributed by atoms with Gasteiger partial charge in [0.25, 0.3) is 10.2 Å². The maximum Gasteiger partial charge on any atom is 0.310 e. The van der Waals surface area contributed by atoms with Crippen molar-refractivity contribution >= 4 is 16.2 Å². The molecule has 0 spiro atoms. The van der Waals surface area contributed by atoms with Crippen LogP contribution in [0.3, 0.4) is 0 Å². The van der Waals surface area contributed by atoms with Crippen molar-refractivity contribution in [2.24, 2.45) is 5.41 Å². The fourth-order valence-corrected chi connectivity index (χ4v) is 4.31. The number of nitrogens with zero attached hydrogens (tertiary/aromatic N) is 1. The lowest BCUT2D eigenvalue weighted by atomic mass is 9.69. The predicted molar refractivity (Wildman–Crippen MR) is 75.5 cm³/mol. The summed E-state index contributed by atoms with van der Waals surface area (Å²) in [6.45, 7) is 0.00171. The molecule has 0 unspecified atom stereocenters. The minimum Gasteiger partial charge on any atom is -0.481 e. The van der Waals surface area contributed by atoms with Crippen LogP contribution in [0.25, 0.3) is 0 Å². The van der Waals surface area contributed by atoms with Crippen LogP contribution in [0, 0.1) is 5.41 Å². The molecule has 0 aliphatic heterocycles. The molecule has 2 saturated carbocycles. The molecular formula is C13H24N2O4S. The lowest BCUT2D eigenvalue weighted by molar-refractivity contribution is -0.153. The van der Waals surface area contributed by atoms with Crippen LogP contribution in [0.2, 0.25) is 0 Å². The molecule has 2 aliphatic carbocycles. The lowest BCUT2D eigenvalue weighted by Crippen LogP contribution is -2.52. The molecular weight excluding hydrogens is 280 g/mol. The molecule has 7 heteroatoms. The van der Waals surface area contributed by atoms with Gasteiger partial charge in [0.05, 0.1) is 5.41 Å². The van der Waals surface area contributed by atoms with Gasteiger partial charge < -0.3 is 5.11 Å². The SMILES string of the molecule is CN(C1CCCCC1)S(=O)(=O)NCC1(C(=O)O)CCC1. The molecule has 2 N–H and O–H groups in total. The van der Waals surface area contributed by atoms with Gasteiger partial charge in [-0.3, -0.25) is 4.79 Å². The highest BCUT2D eigenvalue weighted by Crippen LogP contribution is 2.40. The summed E-state index contributed by atoms with van der Waals surface area (Å²) in [6.07, 6.45) is 7.03. The third-order valence-corrected chi connectivity index (χ3v) is 6.39. The molecule has 116 valence electrons. The second kappa shape index (κ2) is 5.99. The first kappa shape index (κ1) is 15.7. The lowest BCUT2D eigenvalue weighted by Gasteiger charge is -2.38. The smallest absolute Gasteiger partial charge is 0.310 e. The van der Waals surface area contributed by atoms with Crippen LogP contribution in [0.4, 0.5) is 0 Å². The van der Waals surface area contributed by atoms with Gasteiger partial charge in [-0.1, -0.05) is 25.7 Å². The molecule has 2 fully saturated rings. The summed E-state index contributed by atoms with van der Waals surface area (Å²) in [4.78, 5) is 11.2. The Morgan fingerprint density at radius 3 is 2.30 bits per heavy atom. The van der Waals surface area contributed by atoms with Crippen molar-refractivity contribution in [3.8, 4) is 0 Å². The molecule has 20 heavy (non-hydrogen) atoms. The number of hydrogen-bond donors (Lipinski definition) is 2. The van der Waals surface area contributed by atoms with Crippen LogP contribution >= 0.6 is 0 Å². The molecule has 0 aromatic rings. The van der Waals surface area contributed by atoms with Crippen molar-refractivity contribution in [3.63, 3.8) is 0 Å². The molecule has 2 rings (SSSR count). The Hall–Kier alpha value is -0.660. The second-order valence-electron chi connectivity index (χ2n) is 6.07. The number of hydrogen-bond acceptors (Lipinski definition) is 3. The average Bonchev–Trinajstić information content (AvgIpc) is 2.37. The zero-order valence-electron chi connectivity index (χ0n) is 12.0. The maximum atomic E-state index is 12.3. The van der Waals surface area contributed by atoms with Crippen LogP contribution in [0.5, 0.6) is 0 Å². The van der Waals surface area contributed by atoms with Gasteiger partial charge in [0.1, 0.15) is 0 Å². The zero-order valence-corrected chi connectivity index (χ0v) is 12.8. The van der Waals surface area contributed by atoms with Crippen molar-refractivity contribution in [2.75, 3.05) is 13.6 Å². The van der Waals surface area contributed by atoms with Gasteiger partial charge >= 0.3 is 5.97 Å². The summed E-state index contributed by atoms with van der Waals surface area (Å²) in [5.41, 5.74) is -0.888. The normalized spacial score (nSPS) is 23.5. The number of aliphatic carboxylic acids is 1. The van der Waals surface area contributed by atoms with Gasteiger partial charge in [0.2, 0.25) is 0 Å². The van der Waals surface area contributed by atoms with Crippen LogP contribution in [-0.2, 0) is 15.0 Å². The Labute approximate surface area is 120 Å². The topological polar surface area (TPSA) is 86.7 Å². The molecule has 0 radical (unpaired) electrons. The molecule has 2 aliphatic rings. The summed E-state index contributed by atoms with van der Waals surface area (Å²) < 4.78 is 28.4. The molecule has 0 aromatic carbocycles. The largest absolute Gasteiger partial charge is 0.481 e. The van der Waals surface area contributed by atoms with Crippen LogP contribution in [0.15, 0.2) is 0 Å². The van der Waals surface area contributed by atoms with E-state index in [2.05, 4.69) is 4.72 Å². The average molecular weight is 304 g/mol. The van der Waals surface area contributed by atoms with Crippen molar-refractivity contribution in [1.82, 2.24) is 9.03 Å². The quantitative estimate of drug-likeness (QED) is 0.775. The van der Waals surface area contributed by atoms with Crippen molar-refractivity contribution in [2.45, 2.75) is 57.4 Å². The third-order valence-electron chi connectivity index (χ3n) is 4.83. The first-order valence-corrected chi connectivity index (χ1v) is 8.77. The van der Waals surface area contributed by atoms with E-state index in [1.165, 1.54) is 10.7 Å². The van der Waals surface area contributed by atoms with E-state index >= 15 is 0 Å². The van der Waals surface area contributed by atoms with E-state index in [0.717, 1.165) is 32.1 Å². The van der Waals surface area contributed by atoms with Gasteiger partial charge in [0, 0.05) is 19.6 Å². The van der Waals surface area contributed by atoms with E-state index in [1.807, 2.05) is 0 Å². The minimum absolute atomic E-state index is 0.00171. The van der Waals surface area contributed by atoms with Gasteiger partial charge in [-0.05, 0) is 25.7 Å². The first-order valence-electron chi connectivity index (χ1n) is 7.33. The van der Waals surface area contributed by atoms with Crippen LogP contribution < -0.4 is 4.72 Å². The Kier molecular flexibility index (Phi) is 4.71. The van der Waals surface area contributed by atoms with E-state index in [1.54, 1.807) is 7.05 Å². The number of carboxylic acid groups (broad SMARTS) is 1. The zero-order chi connectivity index (χ0) is 14.8. The van der Waals surface area contributed by atoms with Crippen molar-refractivity contribution in [3.05, 3.63) is 0 Å². The summed E-state index contributed by atoms with van der Waals surface area (Å²) in [6, 6.07) is 0.0448. The van der Waals surface area contributed by atoms with Gasteiger partial charge in [0.15, 0.2) is 0 Å². The van der Waals surface area contributed by atoms with E-state index < -0.39 is 21.6 Å². The van der Waals surface area contributed by atoms with E-state index in [4.69, 9.17) is 0 Å². The molecule has 0 bridgehead atoms. The summed E-state index contributed by atoms with van der Waals surface area (Å²) >= 11 is 0. The molecule has 0 atom stereocenters. The molecule has 0 amide bonds. The molecule has 0 aromatic heterocycles. The Morgan fingerprint density at radius 2 is 1.85 bits per heavy atom. The highest BCUT2D eigenvalue weighted by Gasteiger charge is 2.45. The number of carboxylic acids is 1. The molecule has 0 heterocycles. The second-order valence-corrected chi connectivity index (χ2v) is 7.89. The van der Waals surface area contributed by atoms with Crippen molar-refractivity contribution in [1.29, 1.82) is 0 Å². The number of nitrogens with one attached hydrogen (secondary N) is 1. The van der Waals surface area contributed by atoms with Crippen molar-refractivity contribution < 1.29 is 18.3 Å². The molecule has 0 saturated heterocycles. The van der Waals surface area contributed by atoms with Gasteiger partial charge in [-0.25, -0.2) is 4.72 Å². The third kappa shape index (κ3) is 3.15. The fraction of sp³-hybridized carbons (Fsp3) is 0.923. The Bertz CT molecular complexity index is 453. The summed E-state index contributed by atoms with van der Waals surface area (Å²) in [7, 11) is -1.99. The van der Waals surface area contributed by atoms with Gasteiger partial charge in [-0.15, -0.1) is 0 Å². The highest BCUT2D eigenvalue weighted by molar-refractivity contribution is 7.87. The summed E-state index contributed by atoms with van der Waals surface area (Å²) in [5, 5.41) is 9.22. The van der Waals surface area contributed by atoms with Crippen LogP contribution in [0.1, 0.15) is 51.4 Å². The minimum atomic E-state index is -3.58. The first-order chi connectivity index (χ1) is 9.37. The highest BCUT2D eigenvalue weighted by atomic mass is 32.2. The fourth-order valence-electron chi connectivity index (χ4n) is 3.04. The number of rotatable bonds is 6. The van der Waals surface area contributed by atoms with Gasteiger partial charge in [-0.2, -0.15) is 12.7 Å². The standard InChI is InChI=1S/C13H24N2O4S/c1-15(11-6-3-2-4-7-11)20(18,19)14-10-13(12(16)17)8-5-9-13/h11,14H,2-10H2,1H3,(H,16,17). The Morgan fingerprint density at radius 1 is 1.25 bits per heavy atom. The van der Waals surface area contributed by atoms with E-state index in [9.17, 15) is 18.3 Å². The maximum absolute atomic E-state index is 12.3. The Balaban J connectivity index is 1.94.